The zero-order valence-corrected chi connectivity index (χ0v) is 16.0. The van der Waals surface area contributed by atoms with Crippen LogP contribution < -0.4 is 5.32 Å². The van der Waals surface area contributed by atoms with Crippen LogP contribution in [0.3, 0.4) is 0 Å². The number of carbonyl (C=O) groups is 2. The molecule has 1 aromatic carbocycles. The summed E-state index contributed by atoms with van der Waals surface area (Å²) >= 11 is 0. The lowest BCUT2D eigenvalue weighted by Gasteiger charge is -2.19. The SMILES string of the molecule is CC(=O)NCc1cnn(-c2ccccc2C(=O)N(C)CCc2ccccn2)c1. The van der Waals surface area contributed by atoms with Crippen LogP contribution in [0.25, 0.3) is 5.69 Å². The van der Waals surface area contributed by atoms with Gasteiger partial charge in [-0.2, -0.15) is 5.10 Å². The highest BCUT2D eigenvalue weighted by Gasteiger charge is 2.17. The summed E-state index contributed by atoms with van der Waals surface area (Å²) in [4.78, 5) is 30.1. The van der Waals surface area contributed by atoms with E-state index in [1.807, 2.05) is 42.6 Å². The van der Waals surface area contributed by atoms with Crippen molar-refractivity contribution in [3.05, 3.63) is 77.9 Å². The maximum absolute atomic E-state index is 13.0. The van der Waals surface area contributed by atoms with Gasteiger partial charge in [-0.1, -0.05) is 18.2 Å². The summed E-state index contributed by atoms with van der Waals surface area (Å²) in [6.45, 7) is 2.44. The van der Waals surface area contributed by atoms with Gasteiger partial charge in [-0.3, -0.25) is 14.6 Å². The lowest BCUT2D eigenvalue weighted by Crippen LogP contribution is -2.30. The Bertz CT molecular complexity index is 952. The van der Waals surface area contributed by atoms with Gasteiger partial charge >= 0.3 is 0 Å². The van der Waals surface area contributed by atoms with Crippen LogP contribution in [0, 0.1) is 0 Å². The molecule has 0 aliphatic carbocycles. The molecular weight excluding hydrogens is 354 g/mol. The van der Waals surface area contributed by atoms with Gasteiger partial charge < -0.3 is 10.2 Å². The fraction of sp³-hybridized carbons (Fsp3) is 0.238. The van der Waals surface area contributed by atoms with E-state index in [4.69, 9.17) is 0 Å². The summed E-state index contributed by atoms with van der Waals surface area (Å²) in [7, 11) is 1.79. The van der Waals surface area contributed by atoms with Gasteiger partial charge in [-0.05, 0) is 24.3 Å². The van der Waals surface area contributed by atoms with Crippen LogP contribution in [0.15, 0.2) is 61.1 Å². The molecule has 28 heavy (non-hydrogen) atoms. The van der Waals surface area contributed by atoms with Crippen molar-refractivity contribution < 1.29 is 9.59 Å². The van der Waals surface area contributed by atoms with Crippen molar-refractivity contribution in [3.8, 4) is 5.69 Å². The molecule has 3 aromatic rings. The smallest absolute Gasteiger partial charge is 0.255 e. The molecule has 0 saturated carbocycles. The van der Waals surface area contributed by atoms with E-state index in [1.165, 1.54) is 6.92 Å². The first-order valence-corrected chi connectivity index (χ1v) is 9.07. The van der Waals surface area contributed by atoms with Gasteiger partial charge in [-0.25, -0.2) is 4.68 Å². The lowest BCUT2D eigenvalue weighted by atomic mass is 10.1. The van der Waals surface area contributed by atoms with Crippen molar-refractivity contribution >= 4 is 11.8 Å². The van der Waals surface area contributed by atoms with Crippen molar-refractivity contribution in [1.29, 1.82) is 0 Å². The van der Waals surface area contributed by atoms with E-state index in [0.717, 1.165) is 11.3 Å². The average Bonchev–Trinajstić information content (AvgIpc) is 3.19. The molecule has 0 bridgehead atoms. The molecule has 2 heterocycles. The number of hydrogen-bond donors (Lipinski definition) is 1. The quantitative estimate of drug-likeness (QED) is 0.685. The molecule has 1 N–H and O–H groups in total. The van der Waals surface area contributed by atoms with Gasteiger partial charge in [0, 0.05) is 57.1 Å². The lowest BCUT2D eigenvalue weighted by molar-refractivity contribution is -0.119. The number of para-hydroxylation sites is 1. The van der Waals surface area contributed by atoms with Gasteiger partial charge in [0.05, 0.1) is 17.4 Å². The van der Waals surface area contributed by atoms with Crippen molar-refractivity contribution in [2.75, 3.05) is 13.6 Å². The molecule has 3 rings (SSSR count). The number of pyridine rings is 1. The zero-order chi connectivity index (χ0) is 19.9. The third-order valence-corrected chi connectivity index (χ3v) is 4.34. The van der Waals surface area contributed by atoms with Crippen LogP contribution in [0.5, 0.6) is 0 Å². The minimum Gasteiger partial charge on any atom is -0.352 e. The minimum absolute atomic E-state index is 0.0783. The molecule has 7 heteroatoms. The van der Waals surface area contributed by atoms with Gasteiger partial charge in [0.25, 0.3) is 5.91 Å². The molecule has 2 amide bonds. The molecule has 0 spiro atoms. The van der Waals surface area contributed by atoms with Crippen molar-refractivity contribution in [3.63, 3.8) is 0 Å². The van der Waals surface area contributed by atoms with Crippen LogP contribution in [0.1, 0.15) is 28.5 Å². The normalized spacial score (nSPS) is 10.5. The van der Waals surface area contributed by atoms with Crippen LogP contribution in [-0.4, -0.2) is 45.1 Å². The van der Waals surface area contributed by atoms with Crippen LogP contribution in [0.4, 0.5) is 0 Å². The molecule has 0 aliphatic rings. The van der Waals surface area contributed by atoms with Crippen molar-refractivity contribution in [2.45, 2.75) is 19.9 Å². The van der Waals surface area contributed by atoms with Crippen LogP contribution in [0.2, 0.25) is 0 Å². The highest BCUT2D eigenvalue weighted by Crippen LogP contribution is 2.16. The second-order valence-electron chi connectivity index (χ2n) is 6.52. The Morgan fingerprint density at radius 2 is 1.93 bits per heavy atom. The fourth-order valence-electron chi connectivity index (χ4n) is 2.80. The summed E-state index contributed by atoms with van der Waals surface area (Å²) in [5.74, 6) is -0.177. The molecule has 0 radical (unpaired) electrons. The van der Waals surface area contributed by atoms with Crippen molar-refractivity contribution in [2.24, 2.45) is 0 Å². The molecule has 0 unspecified atom stereocenters. The van der Waals surface area contributed by atoms with E-state index in [1.54, 1.807) is 35.1 Å². The Morgan fingerprint density at radius 3 is 2.68 bits per heavy atom. The van der Waals surface area contributed by atoms with E-state index in [0.29, 0.717) is 30.8 Å². The molecule has 7 nitrogen and oxygen atoms in total. The molecular formula is C21H23N5O2. The number of nitrogens with one attached hydrogen (secondary N) is 1. The van der Waals surface area contributed by atoms with Gasteiger partial charge in [0.1, 0.15) is 0 Å². The Labute approximate surface area is 164 Å². The Balaban J connectivity index is 1.74. The second-order valence-corrected chi connectivity index (χ2v) is 6.52. The summed E-state index contributed by atoms with van der Waals surface area (Å²) in [6.07, 6.45) is 5.94. The van der Waals surface area contributed by atoms with Gasteiger partial charge in [0.2, 0.25) is 5.91 Å². The highest BCUT2D eigenvalue weighted by molar-refractivity contribution is 5.97. The number of hydrogen-bond acceptors (Lipinski definition) is 4. The molecule has 0 aliphatic heterocycles. The van der Waals surface area contributed by atoms with Crippen LogP contribution in [-0.2, 0) is 17.8 Å². The predicted octanol–water partition coefficient (Wildman–Crippen LogP) is 2.22. The van der Waals surface area contributed by atoms with E-state index in [-0.39, 0.29) is 11.8 Å². The first-order valence-electron chi connectivity index (χ1n) is 9.07. The summed E-state index contributed by atoms with van der Waals surface area (Å²) < 4.78 is 1.66. The number of amides is 2. The molecule has 0 fully saturated rings. The third kappa shape index (κ3) is 4.82. The maximum atomic E-state index is 13.0. The highest BCUT2D eigenvalue weighted by atomic mass is 16.2. The third-order valence-electron chi connectivity index (χ3n) is 4.34. The largest absolute Gasteiger partial charge is 0.352 e. The fourth-order valence-corrected chi connectivity index (χ4v) is 2.80. The Morgan fingerprint density at radius 1 is 1.14 bits per heavy atom. The number of rotatable bonds is 7. The van der Waals surface area contributed by atoms with E-state index < -0.39 is 0 Å². The Kier molecular flexibility index (Phi) is 6.16. The molecule has 0 saturated heterocycles. The monoisotopic (exact) mass is 377 g/mol. The van der Waals surface area contributed by atoms with Gasteiger partial charge in [0.15, 0.2) is 0 Å². The number of benzene rings is 1. The van der Waals surface area contributed by atoms with Crippen LogP contribution >= 0.6 is 0 Å². The number of nitrogens with zero attached hydrogens (tertiary/aromatic N) is 4. The van der Waals surface area contributed by atoms with Crippen molar-refractivity contribution in [1.82, 2.24) is 25.0 Å². The van der Waals surface area contributed by atoms with E-state index in [9.17, 15) is 9.59 Å². The summed E-state index contributed by atoms with van der Waals surface area (Å²) in [5, 5.41) is 7.09. The minimum atomic E-state index is -0.0992. The maximum Gasteiger partial charge on any atom is 0.255 e. The summed E-state index contributed by atoms with van der Waals surface area (Å²) in [6, 6.07) is 13.1. The standard InChI is InChI=1S/C21H23N5O2/c1-16(27)23-13-17-14-24-26(15-17)20-9-4-3-8-19(20)21(28)25(2)12-10-18-7-5-6-11-22-18/h3-9,11,14-15H,10,12-13H2,1-2H3,(H,23,27). The first kappa shape index (κ1) is 19.3. The number of aromatic nitrogens is 3. The number of carbonyl (C=O) groups excluding carboxylic acids is 2. The first-order chi connectivity index (χ1) is 13.5. The van der Waals surface area contributed by atoms with E-state index in [2.05, 4.69) is 15.4 Å². The Hall–Kier alpha value is -3.48. The van der Waals surface area contributed by atoms with E-state index >= 15 is 0 Å². The predicted molar refractivity (Wildman–Crippen MR) is 106 cm³/mol. The molecule has 2 aromatic heterocycles. The number of likely N-dealkylation sites (N-methyl/N-ethyl adjacent to an activating group) is 1. The second kappa shape index (κ2) is 8.94. The summed E-state index contributed by atoms with van der Waals surface area (Å²) in [5.41, 5.74) is 3.08. The average molecular weight is 377 g/mol. The molecule has 0 atom stereocenters. The topological polar surface area (TPSA) is 80.1 Å². The zero-order valence-electron chi connectivity index (χ0n) is 16.0. The van der Waals surface area contributed by atoms with Gasteiger partial charge in [-0.15, -0.1) is 0 Å². The molecule has 144 valence electrons.